The van der Waals surface area contributed by atoms with Gasteiger partial charge >= 0.3 is 0 Å². The van der Waals surface area contributed by atoms with E-state index in [2.05, 4.69) is 55.0 Å². The van der Waals surface area contributed by atoms with Crippen LogP contribution in [0.2, 0.25) is 0 Å². The number of terminal acetylenes is 2. The number of nitrogens with two attached hydrogens (primary N) is 2. The van der Waals surface area contributed by atoms with Gasteiger partial charge in [-0.25, -0.2) is 4.99 Å². The third kappa shape index (κ3) is 13.7. The summed E-state index contributed by atoms with van der Waals surface area (Å²) in [6.45, 7) is 9.01. The fourth-order valence-corrected chi connectivity index (χ4v) is 2.26. The van der Waals surface area contributed by atoms with E-state index in [0.29, 0.717) is 18.3 Å². The molecule has 1 aliphatic heterocycles. The Kier molecular flexibility index (Phi) is 19.3. The van der Waals surface area contributed by atoms with E-state index in [9.17, 15) is 9.59 Å². The largest absolute Gasteiger partial charge is 0.385 e. The topological polar surface area (TPSA) is 111 Å². The second kappa shape index (κ2) is 17.9. The van der Waals surface area contributed by atoms with Gasteiger partial charge in [0, 0.05) is 27.2 Å². The first kappa shape index (κ1) is 30.2. The number of hydrogen-bond donors (Lipinski definition) is 2. The van der Waals surface area contributed by atoms with Crippen molar-refractivity contribution in [2.24, 2.45) is 22.4 Å². The monoisotopic (exact) mass is 394 g/mol. The molecule has 7 heteroatoms. The summed E-state index contributed by atoms with van der Waals surface area (Å²) in [5.74, 6) is 0.920. The Labute approximate surface area is 171 Å². The molecule has 0 radical (unpaired) electrons. The Morgan fingerprint density at radius 1 is 1.21 bits per heavy atom. The van der Waals surface area contributed by atoms with Crippen molar-refractivity contribution in [2.45, 2.75) is 65.3 Å². The van der Waals surface area contributed by atoms with E-state index < -0.39 is 0 Å². The van der Waals surface area contributed by atoms with Gasteiger partial charge in [-0.15, -0.1) is 25.7 Å². The molecule has 160 valence electrons. The Bertz CT molecular complexity index is 492. The van der Waals surface area contributed by atoms with Crippen LogP contribution in [0.3, 0.4) is 0 Å². The van der Waals surface area contributed by atoms with Crippen LogP contribution in [0.25, 0.3) is 0 Å². The summed E-state index contributed by atoms with van der Waals surface area (Å²) in [4.78, 5) is 27.5. The van der Waals surface area contributed by atoms with Crippen LogP contribution in [0.5, 0.6) is 0 Å². The molecule has 1 fully saturated rings. The van der Waals surface area contributed by atoms with Crippen molar-refractivity contribution in [3.63, 3.8) is 0 Å². The quantitative estimate of drug-likeness (QED) is 0.696. The Morgan fingerprint density at radius 3 is 1.86 bits per heavy atom. The SMILES string of the molecule is C#C.C#C.CC(N)=O.CCC1(CC)CC(=O)N(CC2CC2)C(N)=N1.CCOC. The number of guanidine groups is 1. The standard InChI is InChI=1S/C12H21N3O.C3H8O.C2H5NO.2C2H2/c1-3-12(4-2)7-10(16)15(11(13)14-12)8-9-5-6-9;1-3-4-2;1-2(3)4;2*1-2/h9H,3-8H2,1-2H3,(H2,13,14);3H2,1-2H3;1H3,(H2,3,4);2*1-2H. The van der Waals surface area contributed by atoms with Crippen molar-refractivity contribution >= 4 is 17.8 Å². The average molecular weight is 395 g/mol. The van der Waals surface area contributed by atoms with Crippen LogP contribution >= 0.6 is 0 Å². The van der Waals surface area contributed by atoms with Crippen LogP contribution < -0.4 is 11.5 Å². The molecule has 0 aromatic rings. The van der Waals surface area contributed by atoms with Crippen molar-refractivity contribution in [2.75, 3.05) is 20.3 Å². The van der Waals surface area contributed by atoms with Gasteiger partial charge in [0.1, 0.15) is 0 Å². The second-order valence-corrected chi connectivity index (χ2v) is 6.21. The van der Waals surface area contributed by atoms with Crippen molar-refractivity contribution < 1.29 is 14.3 Å². The molecule has 0 bridgehead atoms. The molecular weight excluding hydrogens is 356 g/mol. The number of nitrogens with zero attached hydrogens (tertiary/aromatic N) is 2. The number of amides is 2. The molecule has 1 saturated carbocycles. The highest BCUT2D eigenvalue weighted by Gasteiger charge is 2.38. The summed E-state index contributed by atoms with van der Waals surface area (Å²) in [5, 5.41) is 0. The lowest BCUT2D eigenvalue weighted by Gasteiger charge is -2.36. The van der Waals surface area contributed by atoms with E-state index in [0.717, 1.165) is 26.0 Å². The molecule has 1 heterocycles. The molecule has 2 amide bonds. The summed E-state index contributed by atoms with van der Waals surface area (Å²) in [5.41, 5.74) is 10.2. The number of hydrogen-bond acceptors (Lipinski definition) is 5. The van der Waals surface area contributed by atoms with Crippen LogP contribution in [-0.2, 0) is 14.3 Å². The Morgan fingerprint density at radius 2 is 1.61 bits per heavy atom. The van der Waals surface area contributed by atoms with Crippen molar-refractivity contribution in [3.8, 4) is 25.7 Å². The van der Waals surface area contributed by atoms with Gasteiger partial charge in [0.25, 0.3) is 0 Å². The van der Waals surface area contributed by atoms with E-state index in [1.54, 1.807) is 12.0 Å². The van der Waals surface area contributed by atoms with Gasteiger partial charge in [0.05, 0.1) is 12.0 Å². The minimum absolute atomic E-state index is 0.156. The Balaban J connectivity index is -0.000000436. The van der Waals surface area contributed by atoms with Crippen LogP contribution in [0.1, 0.15) is 59.8 Å². The lowest BCUT2D eigenvalue weighted by molar-refractivity contribution is -0.130. The molecule has 0 saturated heterocycles. The maximum Gasteiger partial charge on any atom is 0.231 e. The maximum atomic E-state index is 12.1. The summed E-state index contributed by atoms with van der Waals surface area (Å²) < 4.78 is 4.54. The molecule has 4 N–H and O–H groups in total. The molecule has 2 rings (SSSR count). The number of carbonyl (C=O) groups excluding carboxylic acids is 2. The first-order valence-electron chi connectivity index (χ1n) is 9.32. The number of aliphatic imine (C=N–C) groups is 1. The van der Waals surface area contributed by atoms with Gasteiger partial charge in [-0.2, -0.15) is 0 Å². The summed E-state index contributed by atoms with van der Waals surface area (Å²) in [6, 6.07) is 0. The fourth-order valence-electron chi connectivity index (χ4n) is 2.26. The van der Waals surface area contributed by atoms with Gasteiger partial charge in [-0.1, -0.05) is 13.8 Å². The zero-order chi connectivity index (χ0) is 22.8. The predicted octanol–water partition coefficient (Wildman–Crippen LogP) is 2.15. The highest BCUT2D eigenvalue weighted by atomic mass is 16.5. The highest BCUT2D eigenvalue weighted by Crippen LogP contribution is 2.33. The zero-order valence-electron chi connectivity index (χ0n) is 18.1. The smallest absolute Gasteiger partial charge is 0.231 e. The Hall–Kier alpha value is -2.51. The molecule has 7 nitrogen and oxygen atoms in total. The highest BCUT2D eigenvalue weighted by molar-refractivity contribution is 5.99. The number of methoxy groups -OCH3 is 1. The molecule has 0 aromatic heterocycles. The van der Waals surface area contributed by atoms with Gasteiger partial charge in [0.2, 0.25) is 11.8 Å². The molecule has 1 aliphatic carbocycles. The minimum Gasteiger partial charge on any atom is -0.385 e. The lowest BCUT2D eigenvalue weighted by atomic mass is 9.88. The van der Waals surface area contributed by atoms with E-state index in [-0.39, 0.29) is 17.4 Å². The second-order valence-electron chi connectivity index (χ2n) is 6.21. The van der Waals surface area contributed by atoms with Crippen molar-refractivity contribution in [1.29, 1.82) is 0 Å². The zero-order valence-corrected chi connectivity index (χ0v) is 18.1. The van der Waals surface area contributed by atoms with Gasteiger partial charge in [-0.05, 0) is 38.5 Å². The van der Waals surface area contributed by atoms with E-state index in [4.69, 9.17) is 5.73 Å². The summed E-state index contributed by atoms with van der Waals surface area (Å²) >= 11 is 0. The van der Waals surface area contributed by atoms with Crippen LogP contribution in [0.15, 0.2) is 4.99 Å². The summed E-state index contributed by atoms with van der Waals surface area (Å²) in [7, 11) is 1.68. The maximum absolute atomic E-state index is 12.1. The first-order valence-corrected chi connectivity index (χ1v) is 9.32. The molecule has 0 aromatic carbocycles. The minimum atomic E-state index is -0.333. The van der Waals surface area contributed by atoms with Crippen LogP contribution in [-0.4, -0.2) is 48.5 Å². The fraction of sp³-hybridized carbons (Fsp3) is 0.667. The van der Waals surface area contributed by atoms with E-state index in [1.807, 2.05) is 6.92 Å². The number of ether oxygens (including phenoxy) is 1. The van der Waals surface area contributed by atoms with E-state index >= 15 is 0 Å². The average Bonchev–Trinajstić information content (AvgIpc) is 3.51. The molecule has 28 heavy (non-hydrogen) atoms. The normalized spacial score (nSPS) is 16.1. The van der Waals surface area contributed by atoms with Gasteiger partial charge < -0.3 is 16.2 Å². The van der Waals surface area contributed by atoms with Crippen molar-refractivity contribution in [1.82, 2.24) is 4.90 Å². The van der Waals surface area contributed by atoms with Crippen LogP contribution in [0.4, 0.5) is 0 Å². The van der Waals surface area contributed by atoms with E-state index in [1.165, 1.54) is 19.8 Å². The third-order valence-corrected chi connectivity index (χ3v) is 4.15. The molecule has 0 spiro atoms. The van der Waals surface area contributed by atoms with Crippen molar-refractivity contribution in [3.05, 3.63) is 0 Å². The predicted molar refractivity (Wildman–Crippen MR) is 116 cm³/mol. The summed E-state index contributed by atoms with van der Waals surface area (Å²) in [6.07, 6.45) is 20.7. The number of rotatable bonds is 5. The molecular formula is C21H38N4O3. The van der Waals surface area contributed by atoms with Gasteiger partial charge in [0.15, 0.2) is 5.96 Å². The molecule has 2 aliphatic rings. The number of carbonyl (C=O) groups is 2. The van der Waals surface area contributed by atoms with Crippen LogP contribution in [0, 0.1) is 31.6 Å². The molecule has 0 atom stereocenters. The molecule has 0 unspecified atom stereocenters. The third-order valence-electron chi connectivity index (χ3n) is 4.15. The van der Waals surface area contributed by atoms with Gasteiger partial charge in [-0.3, -0.25) is 14.5 Å². The lowest BCUT2D eigenvalue weighted by Crippen LogP contribution is -2.51. The number of primary amides is 1. The first-order chi connectivity index (χ1) is 13.2.